The van der Waals surface area contributed by atoms with Crippen LogP contribution < -0.4 is 5.32 Å². The Hall–Kier alpha value is -1.63. The van der Waals surface area contributed by atoms with Crippen LogP contribution in [0.4, 0.5) is 14.9 Å². The number of nitrogens with one attached hydrogen (secondary N) is 1. The highest BCUT2D eigenvalue weighted by atomic mass is 79.9. The lowest BCUT2D eigenvalue weighted by atomic mass is 9.99. The predicted octanol–water partition coefficient (Wildman–Crippen LogP) is 2.77. The van der Waals surface area contributed by atoms with Crippen LogP contribution in [-0.2, 0) is 4.79 Å². The summed E-state index contributed by atoms with van der Waals surface area (Å²) in [4.78, 5) is 24.5. The van der Waals surface area contributed by atoms with Crippen LogP contribution in [0.2, 0.25) is 0 Å². The number of benzene rings is 1. The van der Waals surface area contributed by atoms with Gasteiger partial charge in [-0.3, -0.25) is 4.79 Å². The minimum atomic E-state index is -0.900. The Morgan fingerprint density at radius 2 is 2.15 bits per heavy atom. The zero-order valence-electron chi connectivity index (χ0n) is 10.8. The van der Waals surface area contributed by atoms with Gasteiger partial charge in [0, 0.05) is 18.8 Å². The molecule has 2 atom stereocenters. The van der Waals surface area contributed by atoms with E-state index >= 15 is 0 Å². The van der Waals surface area contributed by atoms with Gasteiger partial charge in [-0.15, -0.1) is 0 Å². The number of aliphatic carboxylic acids is 1. The molecular formula is C13H14BrFN2O3. The van der Waals surface area contributed by atoms with Crippen LogP contribution in [0.1, 0.15) is 6.92 Å². The van der Waals surface area contributed by atoms with Gasteiger partial charge in [-0.25, -0.2) is 9.18 Å². The molecule has 5 nitrogen and oxygen atoms in total. The summed E-state index contributed by atoms with van der Waals surface area (Å²) in [5, 5.41) is 11.6. The van der Waals surface area contributed by atoms with Gasteiger partial charge in [0.05, 0.1) is 10.4 Å². The number of likely N-dealkylation sites (tertiary alicyclic amines) is 1. The van der Waals surface area contributed by atoms with Crippen molar-refractivity contribution in [2.75, 3.05) is 18.4 Å². The van der Waals surface area contributed by atoms with E-state index in [9.17, 15) is 14.0 Å². The summed E-state index contributed by atoms with van der Waals surface area (Å²) < 4.78 is 13.7. The first-order valence-corrected chi connectivity index (χ1v) is 6.91. The van der Waals surface area contributed by atoms with Gasteiger partial charge in [-0.05, 0) is 40.0 Å². The van der Waals surface area contributed by atoms with Gasteiger partial charge in [0.1, 0.15) is 5.82 Å². The monoisotopic (exact) mass is 344 g/mol. The second-order valence-corrected chi connectivity index (χ2v) is 5.74. The van der Waals surface area contributed by atoms with Gasteiger partial charge < -0.3 is 15.3 Å². The third-order valence-corrected chi connectivity index (χ3v) is 4.03. The van der Waals surface area contributed by atoms with Crippen LogP contribution in [0.5, 0.6) is 0 Å². The molecule has 0 spiro atoms. The van der Waals surface area contributed by atoms with Crippen molar-refractivity contribution in [1.82, 2.24) is 4.90 Å². The van der Waals surface area contributed by atoms with E-state index in [4.69, 9.17) is 5.11 Å². The molecule has 1 aromatic carbocycles. The van der Waals surface area contributed by atoms with E-state index in [-0.39, 0.29) is 12.5 Å². The molecule has 0 aliphatic carbocycles. The summed E-state index contributed by atoms with van der Waals surface area (Å²) in [6, 6.07) is 3.86. The lowest BCUT2D eigenvalue weighted by Crippen LogP contribution is -2.33. The summed E-state index contributed by atoms with van der Waals surface area (Å²) in [7, 11) is 0. The zero-order valence-corrected chi connectivity index (χ0v) is 12.4. The molecule has 0 aromatic heterocycles. The van der Waals surface area contributed by atoms with Crippen molar-refractivity contribution in [2.24, 2.45) is 11.8 Å². The first-order chi connectivity index (χ1) is 9.38. The lowest BCUT2D eigenvalue weighted by Gasteiger charge is -2.17. The largest absolute Gasteiger partial charge is 0.481 e. The van der Waals surface area contributed by atoms with E-state index in [0.29, 0.717) is 16.7 Å². The van der Waals surface area contributed by atoms with Gasteiger partial charge in [0.25, 0.3) is 0 Å². The number of urea groups is 1. The number of halogens is 2. The molecule has 2 rings (SSSR count). The molecule has 0 radical (unpaired) electrons. The van der Waals surface area contributed by atoms with E-state index in [1.165, 1.54) is 17.0 Å². The van der Waals surface area contributed by atoms with Gasteiger partial charge in [-0.2, -0.15) is 0 Å². The van der Waals surface area contributed by atoms with Crippen molar-refractivity contribution >= 4 is 33.6 Å². The second kappa shape index (κ2) is 5.78. The first kappa shape index (κ1) is 14.8. The fourth-order valence-corrected chi connectivity index (χ4v) is 2.48. The van der Waals surface area contributed by atoms with E-state index in [1.807, 2.05) is 0 Å². The molecular weight excluding hydrogens is 331 g/mol. The average molecular weight is 345 g/mol. The van der Waals surface area contributed by atoms with Crippen molar-refractivity contribution in [3.05, 3.63) is 28.5 Å². The fourth-order valence-electron chi connectivity index (χ4n) is 2.23. The standard InChI is InChI=1S/C13H14BrFN2O3/c1-7-5-17(6-9(7)12(18)19)13(20)16-8-2-3-10(14)11(15)4-8/h2-4,7,9H,5-6H2,1H3,(H,16,20)(H,18,19). The van der Waals surface area contributed by atoms with Crippen molar-refractivity contribution < 1.29 is 19.1 Å². The number of anilines is 1. The first-order valence-electron chi connectivity index (χ1n) is 6.12. The highest BCUT2D eigenvalue weighted by Gasteiger charge is 2.36. The summed E-state index contributed by atoms with van der Waals surface area (Å²) in [6.07, 6.45) is 0. The molecule has 1 aliphatic rings. The second-order valence-electron chi connectivity index (χ2n) is 4.89. The number of carboxylic acid groups (broad SMARTS) is 1. The number of rotatable bonds is 2. The summed E-state index contributed by atoms with van der Waals surface area (Å²) in [5.74, 6) is -2.02. The van der Waals surface area contributed by atoms with Crippen LogP contribution in [0, 0.1) is 17.7 Å². The van der Waals surface area contributed by atoms with Crippen molar-refractivity contribution in [3.8, 4) is 0 Å². The number of carbonyl (C=O) groups excluding carboxylic acids is 1. The van der Waals surface area contributed by atoms with Crippen LogP contribution in [0.25, 0.3) is 0 Å². The molecule has 1 aliphatic heterocycles. The molecule has 2 amide bonds. The number of amides is 2. The molecule has 1 fully saturated rings. The Kier molecular flexibility index (Phi) is 4.27. The maximum absolute atomic E-state index is 13.3. The smallest absolute Gasteiger partial charge is 0.321 e. The van der Waals surface area contributed by atoms with E-state index in [2.05, 4.69) is 21.2 Å². The SMILES string of the molecule is CC1CN(C(=O)Nc2ccc(Br)c(F)c2)CC1C(=O)O. The predicted molar refractivity (Wildman–Crippen MR) is 75.0 cm³/mol. The maximum atomic E-state index is 13.3. The maximum Gasteiger partial charge on any atom is 0.321 e. The Morgan fingerprint density at radius 1 is 1.45 bits per heavy atom. The lowest BCUT2D eigenvalue weighted by molar-refractivity contribution is -0.142. The highest BCUT2D eigenvalue weighted by molar-refractivity contribution is 9.10. The van der Waals surface area contributed by atoms with Crippen molar-refractivity contribution in [2.45, 2.75) is 6.92 Å². The zero-order chi connectivity index (χ0) is 14.9. The average Bonchev–Trinajstić information content (AvgIpc) is 2.76. The molecule has 1 aromatic rings. The molecule has 108 valence electrons. The van der Waals surface area contributed by atoms with Gasteiger partial charge in [0.15, 0.2) is 0 Å². The number of nitrogens with zero attached hydrogens (tertiary/aromatic N) is 1. The van der Waals surface area contributed by atoms with Crippen LogP contribution in [-0.4, -0.2) is 35.1 Å². The molecule has 7 heteroatoms. The van der Waals surface area contributed by atoms with E-state index < -0.39 is 23.7 Å². The molecule has 1 saturated heterocycles. The highest BCUT2D eigenvalue weighted by Crippen LogP contribution is 2.24. The third-order valence-electron chi connectivity index (χ3n) is 3.39. The van der Waals surface area contributed by atoms with Crippen molar-refractivity contribution in [3.63, 3.8) is 0 Å². The summed E-state index contributed by atoms with van der Waals surface area (Å²) in [5.41, 5.74) is 0.335. The fraction of sp³-hybridized carbons (Fsp3) is 0.385. The van der Waals surface area contributed by atoms with Crippen LogP contribution >= 0.6 is 15.9 Å². The van der Waals surface area contributed by atoms with Gasteiger partial charge in [0.2, 0.25) is 0 Å². The Balaban J connectivity index is 2.02. The number of hydrogen-bond donors (Lipinski definition) is 2. The van der Waals surface area contributed by atoms with E-state index in [1.54, 1.807) is 13.0 Å². The quantitative estimate of drug-likeness (QED) is 0.866. The van der Waals surface area contributed by atoms with E-state index in [0.717, 1.165) is 0 Å². The van der Waals surface area contributed by atoms with Gasteiger partial charge >= 0.3 is 12.0 Å². The Bertz CT molecular complexity index is 552. The number of carboxylic acids is 1. The topological polar surface area (TPSA) is 69.6 Å². The Labute approximate surface area is 123 Å². The summed E-state index contributed by atoms with van der Waals surface area (Å²) in [6.45, 7) is 2.34. The number of carbonyl (C=O) groups is 2. The molecule has 0 saturated carbocycles. The van der Waals surface area contributed by atoms with Crippen LogP contribution in [0.3, 0.4) is 0 Å². The number of hydrogen-bond acceptors (Lipinski definition) is 2. The molecule has 20 heavy (non-hydrogen) atoms. The van der Waals surface area contributed by atoms with Crippen molar-refractivity contribution in [1.29, 1.82) is 0 Å². The van der Waals surface area contributed by atoms with Crippen LogP contribution in [0.15, 0.2) is 22.7 Å². The molecule has 0 bridgehead atoms. The minimum Gasteiger partial charge on any atom is -0.481 e. The Morgan fingerprint density at radius 3 is 2.70 bits per heavy atom. The minimum absolute atomic E-state index is 0.0973. The van der Waals surface area contributed by atoms with Gasteiger partial charge in [-0.1, -0.05) is 6.92 Å². The molecule has 1 heterocycles. The molecule has 2 N–H and O–H groups in total. The third kappa shape index (κ3) is 3.09. The molecule has 2 unspecified atom stereocenters. The normalized spacial score (nSPS) is 21.9. The summed E-state index contributed by atoms with van der Waals surface area (Å²) >= 11 is 3.03.